The highest BCUT2D eigenvalue weighted by atomic mass is 32.2. The summed E-state index contributed by atoms with van der Waals surface area (Å²) in [7, 11) is -1.39. The largest absolute Gasteiger partial charge is 0.322 e. The third-order valence-corrected chi connectivity index (χ3v) is 4.19. The molecule has 0 spiro atoms. The van der Waals surface area contributed by atoms with Crippen LogP contribution in [0.1, 0.15) is 26.3 Å². The van der Waals surface area contributed by atoms with Gasteiger partial charge in [-0.2, -0.15) is 4.40 Å². The van der Waals surface area contributed by atoms with Gasteiger partial charge in [0, 0.05) is 23.5 Å². The number of nitrogens with one attached hydrogen (secondary N) is 1. The fourth-order valence-electron chi connectivity index (χ4n) is 1.69. The predicted octanol–water partition coefficient (Wildman–Crippen LogP) is 3.06. The van der Waals surface area contributed by atoms with Gasteiger partial charge in [0.05, 0.1) is 4.75 Å². The first-order valence-electron chi connectivity index (χ1n) is 6.72. The lowest BCUT2D eigenvalue weighted by Crippen LogP contribution is -2.19. The Bertz CT molecular complexity index is 774. The van der Waals surface area contributed by atoms with Gasteiger partial charge in [-0.15, -0.1) is 0 Å². The first-order chi connectivity index (χ1) is 10.3. The molecule has 1 unspecified atom stereocenters. The van der Waals surface area contributed by atoms with Crippen LogP contribution in [0.4, 0.5) is 4.39 Å². The van der Waals surface area contributed by atoms with E-state index < -0.39 is 15.7 Å². The van der Waals surface area contributed by atoms with Gasteiger partial charge in [0.1, 0.15) is 16.8 Å². The summed E-state index contributed by atoms with van der Waals surface area (Å²) in [6, 6.07) is 8.88. The van der Waals surface area contributed by atoms with Crippen LogP contribution < -0.4 is 5.56 Å². The lowest BCUT2D eigenvalue weighted by atomic mass is 10.1. The number of aromatic nitrogens is 1. The van der Waals surface area contributed by atoms with Crippen molar-refractivity contribution in [2.75, 3.05) is 0 Å². The standard InChI is InChI=1S/C16H17FN2O2S/c1-16(2,3)22(21)18-10-11-8-14(19-15(20)9-11)12-4-6-13(17)7-5-12/h4-10H,1-3H3,(H,19,20)/b18-10-. The maximum absolute atomic E-state index is 13.0. The predicted molar refractivity (Wildman–Crippen MR) is 87.9 cm³/mol. The summed E-state index contributed by atoms with van der Waals surface area (Å²) in [4.78, 5) is 14.4. The minimum absolute atomic E-state index is 0.301. The normalized spacial score (nSPS) is 13.5. The van der Waals surface area contributed by atoms with E-state index in [2.05, 4.69) is 9.38 Å². The molecule has 22 heavy (non-hydrogen) atoms. The average molecular weight is 320 g/mol. The summed E-state index contributed by atoms with van der Waals surface area (Å²) in [6.45, 7) is 5.46. The summed E-state index contributed by atoms with van der Waals surface area (Å²) in [6.07, 6.45) is 1.42. The van der Waals surface area contributed by atoms with Crippen LogP contribution in [-0.4, -0.2) is 20.2 Å². The molecule has 1 aromatic heterocycles. The van der Waals surface area contributed by atoms with Gasteiger partial charge >= 0.3 is 0 Å². The first-order valence-corrected chi connectivity index (χ1v) is 7.83. The maximum atomic E-state index is 13.0. The van der Waals surface area contributed by atoms with Crippen molar-refractivity contribution >= 4 is 17.2 Å². The van der Waals surface area contributed by atoms with Crippen molar-refractivity contribution in [1.82, 2.24) is 4.98 Å². The first kappa shape index (κ1) is 16.3. The molecule has 0 aliphatic rings. The van der Waals surface area contributed by atoms with Crippen LogP contribution in [0.2, 0.25) is 0 Å². The number of rotatable bonds is 3. The summed E-state index contributed by atoms with van der Waals surface area (Å²) in [5.74, 6) is -0.343. The summed E-state index contributed by atoms with van der Waals surface area (Å²) in [5, 5.41) is 0. The SMILES string of the molecule is CC(C)(C)S(=O)/N=C\c1cc(-c2ccc(F)cc2)[nH]c(=O)c1. The second kappa shape index (κ2) is 6.36. The molecule has 1 atom stereocenters. The average Bonchev–Trinajstić information content (AvgIpc) is 2.44. The van der Waals surface area contributed by atoms with E-state index in [1.807, 2.05) is 20.8 Å². The van der Waals surface area contributed by atoms with Crippen LogP contribution >= 0.6 is 0 Å². The highest BCUT2D eigenvalue weighted by molar-refractivity contribution is 7.85. The third kappa shape index (κ3) is 4.21. The van der Waals surface area contributed by atoms with Crippen LogP contribution in [0.3, 0.4) is 0 Å². The third-order valence-electron chi connectivity index (χ3n) is 2.84. The van der Waals surface area contributed by atoms with E-state index in [1.54, 1.807) is 18.2 Å². The molecule has 2 aromatic rings. The molecule has 2 rings (SSSR count). The molecule has 116 valence electrons. The molecule has 6 heteroatoms. The molecule has 0 saturated carbocycles. The minimum atomic E-state index is -1.39. The van der Waals surface area contributed by atoms with Gasteiger partial charge in [0.15, 0.2) is 0 Å². The van der Waals surface area contributed by atoms with Crippen LogP contribution in [0.25, 0.3) is 11.3 Å². The molecule has 1 N–H and O–H groups in total. The van der Waals surface area contributed by atoms with E-state index in [9.17, 15) is 13.4 Å². The van der Waals surface area contributed by atoms with E-state index in [-0.39, 0.29) is 11.4 Å². The van der Waals surface area contributed by atoms with Crippen molar-refractivity contribution in [3.05, 3.63) is 58.1 Å². The van der Waals surface area contributed by atoms with Crippen LogP contribution in [0.15, 0.2) is 45.6 Å². The van der Waals surface area contributed by atoms with Crippen LogP contribution in [0, 0.1) is 5.82 Å². The van der Waals surface area contributed by atoms with Gasteiger partial charge in [-0.05, 0) is 56.7 Å². The quantitative estimate of drug-likeness (QED) is 0.884. The fourth-order valence-corrected chi connectivity index (χ4v) is 2.22. The number of pyridine rings is 1. The number of hydrogen-bond acceptors (Lipinski definition) is 2. The maximum Gasteiger partial charge on any atom is 0.249 e. The molecule has 0 amide bonds. The monoisotopic (exact) mass is 320 g/mol. The molecule has 0 aliphatic heterocycles. The number of aromatic amines is 1. The zero-order chi connectivity index (χ0) is 16.3. The molecule has 1 aromatic carbocycles. The molecule has 0 saturated heterocycles. The van der Waals surface area contributed by atoms with Crippen molar-refractivity contribution < 1.29 is 8.60 Å². The van der Waals surface area contributed by atoms with Crippen LogP contribution in [0.5, 0.6) is 0 Å². The van der Waals surface area contributed by atoms with Crippen molar-refractivity contribution in [3.63, 3.8) is 0 Å². The van der Waals surface area contributed by atoms with Gasteiger partial charge in [-0.25, -0.2) is 8.60 Å². The molecule has 1 heterocycles. The number of H-pyrrole nitrogens is 1. The zero-order valence-corrected chi connectivity index (χ0v) is 13.4. The Morgan fingerprint density at radius 1 is 1.18 bits per heavy atom. The fraction of sp³-hybridized carbons (Fsp3) is 0.250. The van der Waals surface area contributed by atoms with Gasteiger partial charge in [0.25, 0.3) is 0 Å². The Morgan fingerprint density at radius 3 is 2.41 bits per heavy atom. The van der Waals surface area contributed by atoms with Gasteiger partial charge in [0.2, 0.25) is 5.56 Å². The van der Waals surface area contributed by atoms with E-state index >= 15 is 0 Å². The van der Waals surface area contributed by atoms with Gasteiger partial charge < -0.3 is 4.98 Å². The molecule has 0 bridgehead atoms. The minimum Gasteiger partial charge on any atom is -0.322 e. The molecule has 0 fully saturated rings. The number of benzene rings is 1. The highest BCUT2D eigenvalue weighted by Crippen LogP contribution is 2.17. The molecule has 0 aliphatic carbocycles. The van der Waals surface area contributed by atoms with E-state index in [0.29, 0.717) is 16.8 Å². The topological polar surface area (TPSA) is 62.3 Å². The highest BCUT2D eigenvalue weighted by Gasteiger charge is 2.18. The lowest BCUT2D eigenvalue weighted by molar-refractivity contribution is 0.628. The Labute approximate surface area is 130 Å². The van der Waals surface area contributed by atoms with E-state index in [1.165, 1.54) is 24.4 Å². The number of halogens is 1. The Hall–Kier alpha value is -2.08. The Balaban J connectivity index is 2.35. The zero-order valence-electron chi connectivity index (χ0n) is 12.6. The summed E-state index contributed by atoms with van der Waals surface area (Å²) in [5.41, 5.74) is 1.48. The summed E-state index contributed by atoms with van der Waals surface area (Å²) >= 11 is 0. The number of hydrogen-bond donors (Lipinski definition) is 1. The Kier molecular flexibility index (Phi) is 4.71. The molecule has 4 nitrogen and oxygen atoms in total. The molecular formula is C16H17FN2O2S. The smallest absolute Gasteiger partial charge is 0.249 e. The summed E-state index contributed by atoms with van der Waals surface area (Å²) < 4.78 is 28.4. The second-order valence-corrected chi connectivity index (χ2v) is 7.73. The van der Waals surface area contributed by atoms with Gasteiger partial charge in [-0.1, -0.05) is 0 Å². The molecule has 0 radical (unpaired) electrons. The van der Waals surface area contributed by atoms with E-state index in [4.69, 9.17) is 0 Å². The lowest BCUT2D eigenvalue weighted by Gasteiger charge is -2.12. The Morgan fingerprint density at radius 2 is 1.82 bits per heavy atom. The second-order valence-electron chi connectivity index (χ2n) is 5.79. The molecular weight excluding hydrogens is 303 g/mol. The van der Waals surface area contributed by atoms with Crippen molar-refractivity contribution in [2.24, 2.45) is 4.40 Å². The van der Waals surface area contributed by atoms with Crippen molar-refractivity contribution in [2.45, 2.75) is 25.5 Å². The number of nitrogens with zero attached hydrogens (tertiary/aromatic N) is 1. The van der Waals surface area contributed by atoms with Crippen molar-refractivity contribution in [1.29, 1.82) is 0 Å². The van der Waals surface area contributed by atoms with Gasteiger partial charge in [-0.3, -0.25) is 4.79 Å². The van der Waals surface area contributed by atoms with E-state index in [0.717, 1.165) is 0 Å². The van der Waals surface area contributed by atoms with Crippen LogP contribution in [-0.2, 0) is 11.0 Å². The van der Waals surface area contributed by atoms with Crippen molar-refractivity contribution in [3.8, 4) is 11.3 Å².